The van der Waals surface area contributed by atoms with Crippen molar-refractivity contribution < 1.29 is 19.7 Å². The number of hydrogen-bond acceptors (Lipinski definition) is 4. The number of carboxylic acid groups (broad SMARTS) is 1. The second-order valence-corrected chi connectivity index (χ2v) is 3.65. The third-order valence-corrected chi connectivity index (χ3v) is 2.35. The van der Waals surface area contributed by atoms with Crippen molar-refractivity contribution in [3.05, 3.63) is 23.8 Å². The summed E-state index contributed by atoms with van der Waals surface area (Å²) in [7, 11) is 1.50. The first-order valence-electron chi connectivity index (χ1n) is 5.42. The van der Waals surface area contributed by atoms with Gasteiger partial charge in [0.05, 0.1) is 13.5 Å². The Labute approximate surface area is 100 Å². The van der Waals surface area contributed by atoms with E-state index in [1.807, 2.05) is 6.07 Å². The molecule has 0 saturated heterocycles. The zero-order valence-electron chi connectivity index (χ0n) is 9.77. The van der Waals surface area contributed by atoms with Gasteiger partial charge in [0.1, 0.15) is 0 Å². The molecule has 0 aliphatic rings. The summed E-state index contributed by atoms with van der Waals surface area (Å²) in [6.45, 7) is 1.16. The fourth-order valence-electron chi connectivity index (χ4n) is 1.43. The predicted molar refractivity (Wildman–Crippen MR) is 63.5 cm³/mol. The van der Waals surface area contributed by atoms with Gasteiger partial charge in [-0.2, -0.15) is 0 Å². The molecule has 0 radical (unpaired) electrons. The predicted octanol–water partition coefficient (Wildman–Crippen LogP) is 1.01. The van der Waals surface area contributed by atoms with Gasteiger partial charge in [-0.05, 0) is 30.7 Å². The van der Waals surface area contributed by atoms with Crippen molar-refractivity contribution in [2.75, 3.05) is 20.2 Å². The normalized spacial score (nSPS) is 10.2. The van der Waals surface area contributed by atoms with Gasteiger partial charge in [0.15, 0.2) is 11.5 Å². The van der Waals surface area contributed by atoms with E-state index < -0.39 is 5.97 Å². The third-order valence-electron chi connectivity index (χ3n) is 2.35. The van der Waals surface area contributed by atoms with E-state index in [1.165, 1.54) is 7.11 Å². The van der Waals surface area contributed by atoms with Gasteiger partial charge in [0.25, 0.3) is 0 Å². The van der Waals surface area contributed by atoms with Crippen LogP contribution in [0.25, 0.3) is 0 Å². The highest BCUT2D eigenvalue weighted by molar-refractivity contribution is 5.66. The van der Waals surface area contributed by atoms with Crippen molar-refractivity contribution in [3.63, 3.8) is 0 Å². The van der Waals surface area contributed by atoms with Crippen molar-refractivity contribution in [1.82, 2.24) is 5.32 Å². The number of nitrogens with one attached hydrogen (secondary N) is 1. The second kappa shape index (κ2) is 6.75. The molecular formula is C12H17NO4. The molecule has 3 N–H and O–H groups in total. The molecule has 1 rings (SSSR count). The summed E-state index contributed by atoms with van der Waals surface area (Å²) < 4.78 is 5.00. The number of aromatic hydroxyl groups is 1. The molecule has 0 aliphatic heterocycles. The molecule has 0 bridgehead atoms. The summed E-state index contributed by atoms with van der Waals surface area (Å²) in [6.07, 6.45) is 0.884. The van der Waals surface area contributed by atoms with Crippen LogP contribution in [0.15, 0.2) is 18.2 Å². The van der Waals surface area contributed by atoms with Crippen molar-refractivity contribution in [2.24, 2.45) is 0 Å². The van der Waals surface area contributed by atoms with Crippen molar-refractivity contribution in [1.29, 1.82) is 0 Å². The van der Waals surface area contributed by atoms with Crippen LogP contribution in [0.5, 0.6) is 11.5 Å². The van der Waals surface area contributed by atoms with E-state index in [0.29, 0.717) is 18.8 Å². The highest BCUT2D eigenvalue weighted by atomic mass is 16.5. The third kappa shape index (κ3) is 4.74. The number of hydrogen-bond donors (Lipinski definition) is 3. The molecule has 0 saturated carbocycles. The summed E-state index contributed by atoms with van der Waals surface area (Å²) in [5, 5.41) is 20.9. The lowest BCUT2D eigenvalue weighted by Crippen LogP contribution is -2.20. The zero-order chi connectivity index (χ0) is 12.7. The van der Waals surface area contributed by atoms with Gasteiger partial charge in [0.2, 0.25) is 0 Å². The van der Waals surface area contributed by atoms with Gasteiger partial charge >= 0.3 is 5.97 Å². The van der Waals surface area contributed by atoms with E-state index in [9.17, 15) is 9.90 Å². The first kappa shape index (κ1) is 13.3. The average Bonchev–Trinajstić information content (AvgIpc) is 2.30. The maximum absolute atomic E-state index is 10.3. The van der Waals surface area contributed by atoms with Crippen LogP contribution < -0.4 is 10.1 Å². The van der Waals surface area contributed by atoms with Crippen LogP contribution in [0.1, 0.15) is 12.0 Å². The molecule has 0 aromatic heterocycles. The first-order chi connectivity index (χ1) is 8.13. The van der Waals surface area contributed by atoms with Crippen LogP contribution in [0.3, 0.4) is 0 Å². The molecule has 17 heavy (non-hydrogen) atoms. The Morgan fingerprint density at radius 3 is 2.82 bits per heavy atom. The molecule has 0 atom stereocenters. The number of phenolic OH excluding ortho intramolecular Hbond substituents is 1. The van der Waals surface area contributed by atoms with Gasteiger partial charge < -0.3 is 20.3 Å². The maximum Gasteiger partial charge on any atom is 0.304 e. The molecule has 5 nitrogen and oxygen atoms in total. The van der Waals surface area contributed by atoms with Gasteiger partial charge in [-0.1, -0.05) is 6.07 Å². The lowest BCUT2D eigenvalue weighted by molar-refractivity contribution is -0.136. The van der Waals surface area contributed by atoms with E-state index in [4.69, 9.17) is 9.84 Å². The number of carboxylic acids is 1. The van der Waals surface area contributed by atoms with Crippen LogP contribution in [-0.4, -0.2) is 36.4 Å². The number of rotatable bonds is 7. The highest BCUT2D eigenvalue weighted by Gasteiger charge is 2.02. The Hall–Kier alpha value is -1.75. The molecule has 0 heterocycles. The van der Waals surface area contributed by atoms with Gasteiger partial charge in [-0.3, -0.25) is 4.79 Å². The molecule has 5 heteroatoms. The largest absolute Gasteiger partial charge is 0.504 e. The Morgan fingerprint density at radius 1 is 1.41 bits per heavy atom. The van der Waals surface area contributed by atoms with Crippen LogP contribution >= 0.6 is 0 Å². The van der Waals surface area contributed by atoms with Gasteiger partial charge in [0, 0.05) is 6.54 Å². The Morgan fingerprint density at radius 2 is 2.18 bits per heavy atom. The molecule has 0 aliphatic carbocycles. The van der Waals surface area contributed by atoms with Gasteiger partial charge in [-0.25, -0.2) is 0 Å². The quantitative estimate of drug-likeness (QED) is 0.619. The fraction of sp³-hybridized carbons (Fsp3) is 0.417. The molecule has 0 spiro atoms. The maximum atomic E-state index is 10.3. The number of phenols is 1. The Kier molecular flexibility index (Phi) is 5.29. The SMILES string of the molecule is COc1cc(CCNCCC(=O)O)ccc1O. The number of ether oxygens (including phenoxy) is 1. The van der Waals surface area contributed by atoms with Crippen molar-refractivity contribution in [2.45, 2.75) is 12.8 Å². The average molecular weight is 239 g/mol. The summed E-state index contributed by atoms with van der Waals surface area (Å²) >= 11 is 0. The Bertz CT molecular complexity index is 379. The van der Waals surface area contributed by atoms with E-state index >= 15 is 0 Å². The van der Waals surface area contributed by atoms with Crippen molar-refractivity contribution in [3.8, 4) is 11.5 Å². The standard InChI is InChI=1S/C12H17NO4/c1-17-11-8-9(2-3-10(11)14)4-6-13-7-5-12(15)16/h2-3,8,13-14H,4-7H2,1H3,(H,15,16). The summed E-state index contributed by atoms with van der Waals surface area (Å²) in [6, 6.07) is 5.18. The number of aliphatic carboxylic acids is 1. The smallest absolute Gasteiger partial charge is 0.304 e. The van der Waals surface area contributed by atoms with E-state index in [2.05, 4.69) is 5.32 Å². The fourth-order valence-corrected chi connectivity index (χ4v) is 1.43. The Balaban J connectivity index is 2.34. The van der Waals surface area contributed by atoms with E-state index in [1.54, 1.807) is 12.1 Å². The lowest BCUT2D eigenvalue weighted by Gasteiger charge is -2.07. The van der Waals surface area contributed by atoms with Crippen LogP contribution in [0.2, 0.25) is 0 Å². The minimum Gasteiger partial charge on any atom is -0.504 e. The monoisotopic (exact) mass is 239 g/mol. The lowest BCUT2D eigenvalue weighted by atomic mass is 10.1. The highest BCUT2D eigenvalue weighted by Crippen LogP contribution is 2.26. The van der Waals surface area contributed by atoms with Crippen LogP contribution in [0, 0.1) is 0 Å². The van der Waals surface area contributed by atoms with Crippen molar-refractivity contribution >= 4 is 5.97 Å². The van der Waals surface area contributed by atoms with E-state index in [0.717, 1.165) is 12.0 Å². The summed E-state index contributed by atoms with van der Waals surface area (Å²) in [5.41, 5.74) is 1.03. The van der Waals surface area contributed by atoms with Crippen LogP contribution in [-0.2, 0) is 11.2 Å². The minimum atomic E-state index is -0.802. The zero-order valence-corrected chi connectivity index (χ0v) is 9.77. The molecule has 1 aromatic rings. The first-order valence-corrected chi connectivity index (χ1v) is 5.42. The number of methoxy groups -OCH3 is 1. The molecule has 0 amide bonds. The summed E-state index contributed by atoms with van der Waals surface area (Å²) in [5.74, 6) is -0.230. The number of carbonyl (C=O) groups is 1. The molecule has 0 fully saturated rings. The molecule has 94 valence electrons. The number of benzene rings is 1. The molecular weight excluding hydrogens is 222 g/mol. The second-order valence-electron chi connectivity index (χ2n) is 3.65. The topological polar surface area (TPSA) is 78.8 Å². The molecule has 0 unspecified atom stereocenters. The molecule has 1 aromatic carbocycles. The van der Waals surface area contributed by atoms with Gasteiger partial charge in [-0.15, -0.1) is 0 Å². The van der Waals surface area contributed by atoms with E-state index in [-0.39, 0.29) is 12.2 Å². The minimum absolute atomic E-state index is 0.120. The van der Waals surface area contributed by atoms with Crippen LogP contribution in [0.4, 0.5) is 0 Å². The summed E-state index contributed by atoms with van der Waals surface area (Å²) in [4.78, 5) is 10.3.